The Kier molecular flexibility index (Phi) is 9.46. The van der Waals surface area contributed by atoms with Crippen molar-refractivity contribution in [2.24, 2.45) is 4.99 Å². The molecule has 0 amide bonds. The van der Waals surface area contributed by atoms with Crippen molar-refractivity contribution in [3.05, 3.63) is 50.4 Å². The van der Waals surface area contributed by atoms with E-state index in [-0.39, 0.29) is 30.0 Å². The number of hydrogen-bond acceptors (Lipinski definition) is 4. The van der Waals surface area contributed by atoms with Crippen LogP contribution in [-0.2, 0) is 6.54 Å². The molecule has 5 nitrogen and oxygen atoms in total. The molecule has 8 heteroatoms. The van der Waals surface area contributed by atoms with E-state index in [1.165, 1.54) is 23.3 Å². The van der Waals surface area contributed by atoms with E-state index >= 15 is 0 Å². The van der Waals surface area contributed by atoms with Gasteiger partial charge in [0.05, 0.1) is 18.3 Å². The lowest BCUT2D eigenvalue weighted by Crippen LogP contribution is -2.42. The first-order valence-corrected chi connectivity index (χ1v) is 10.6. The Hall–Kier alpha value is -0.900. The third kappa shape index (κ3) is 6.30. The van der Waals surface area contributed by atoms with Gasteiger partial charge in [0.1, 0.15) is 5.01 Å². The van der Waals surface area contributed by atoms with Gasteiger partial charge in [-0.25, -0.2) is 4.98 Å². The zero-order chi connectivity index (χ0) is 19.2. The molecule has 1 unspecified atom stereocenters. The summed E-state index contributed by atoms with van der Waals surface area (Å²) in [4.78, 5) is 12.7. The fourth-order valence-electron chi connectivity index (χ4n) is 3.41. The van der Waals surface area contributed by atoms with Gasteiger partial charge in [-0.3, -0.25) is 9.89 Å². The van der Waals surface area contributed by atoms with Crippen LogP contribution in [0.2, 0.25) is 5.02 Å². The van der Waals surface area contributed by atoms with Crippen LogP contribution in [0.25, 0.3) is 0 Å². The number of benzene rings is 1. The Morgan fingerprint density at radius 2 is 2.04 bits per heavy atom. The van der Waals surface area contributed by atoms with Gasteiger partial charge in [0.15, 0.2) is 5.96 Å². The van der Waals surface area contributed by atoms with Crippen LogP contribution in [0.5, 0.6) is 0 Å². The second-order valence-corrected chi connectivity index (χ2v) is 8.59. The molecule has 154 valence electrons. The summed E-state index contributed by atoms with van der Waals surface area (Å²) in [5, 5.41) is 8.73. The number of likely N-dealkylation sites (tertiary alicyclic amines) is 1. The van der Waals surface area contributed by atoms with Crippen molar-refractivity contribution < 1.29 is 0 Å². The van der Waals surface area contributed by atoms with E-state index in [2.05, 4.69) is 44.6 Å². The Bertz CT molecular complexity index is 769. The van der Waals surface area contributed by atoms with Crippen LogP contribution in [-0.4, -0.2) is 42.5 Å². The summed E-state index contributed by atoms with van der Waals surface area (Å²) in [6.45, 7) is 7.88. The lowest BCUT2D eigenvalue weighted by molar-refractivity contribution is 0.245. The van der Waals surface area contributed by atoms with Gasteiger partial charge in [-0.1, -0.05) is 23.7 Å². The van der Waals surface area contributed by atoms with E-state index in [9.17, 15) is 0 Å². The average Bonchev–Trinajstić information content (AvgIpc) is 3.28. The molecule has 1 aliphatic heterocycles. The van der Waals surface area contributed by atoms with Crippen LogP contribution in [0.15, 0.2) is 29.3 Å². The van der Waals surface area contributed by atoms with Crippen LogP contribution < -0.4 is 10.6 Å². The molecular weight excluding hydrogens is 505 g/mol. The lowest BCUT2D eigenvalue weighted by atomic mass is 10.1. The Morgan fingerprint density at radius 3 is 2.64 bits per heavy atom. The molecule has 1 aliphatic rings. The van der Waals surface area contributed by atoms with Gasteiger partial charge < -0.3 is 10.6 Å². The highest BCUT2D eigenvalue weighted by atomic mass is 127. The molecule has 0 saturated carbocycles. The van der Waals surface area contributed by atoms with Crippen molar-refractivity contribution in [2.45, 2.75) is 39.3 Å². The van der Waals surface area contributed by atoms with Gasteiger partial charge in [0.25, 0.3) is 0 Å². The minimum absolute atomic E-state index is 0. The number of aryl methyl sites for hydroxylation is 2. The van der Waals surface area contributed by atoms with Gasteiger partial charge in [-0.15, -0.1) is 35.3 Å². The summed E-state index contributed by atoms with van der Waals surface area (Å²) < 4.78 is 0. The molecule has 0 bridgehead atoms. The molecule has 0 aliphatic carbocycles. The number of aromatic nitrogens is 1. The number of aliphatic imine (C=N–C) groups is 1. The summed E-state index contributed by atoms with van der Waals surface area (Å²) in [6, 6.07) is 8.48. The van der Waals surface area contributed by atoms with Crippen molar-refractivity contribution in [3.63, 3.8) is 0 Å². The molecule has 0 spiro atoms. The van der Waals surface area contributed by atoms with Crippen LogP contribution in [0.3, 0.4) is 0 Å². The quantitative estimate of drug-likeness (QED) is 0.325. The Balaban J connectivity index is 0.00000280. The molecule has 3 rings (SSSR count). The SMILES string of the molecule is CN=C(NCc1nc(C)c(C)s1)NCC(c1cccc(Cl)c1)N1CCCC1.I. The van der Waals surface area contributed by atoms with E-state index in [0.29, 0.717) is 6.54 Å². The minimum Gasteiger partial charge on any atom is -0.354 e. The molecule has 2 aromatic rings. The molecule has 28 heavy (non-hydrogen) atoms. The zero-order valence-corrected chi connectivity index (χ0v) is 20.6. The number of nitrogens with one attached hydrogen (secondary N) is 2. The van der Waals surface area contributed by atoms with Gasteiger partial charge >= 0.3 is 0 Å². The van der Waals surface area contributed by atoms with E-state index < -0.39 is 0 Å². The summed E-state index contributed by atoms with van der Waals surface area (Å²) >= 11 is 7.97. The number of rotatable bonds is 6. The van der Waals surface area contributed by atoms with E-state index in [0.717, 1.165) is 41.3 Å². The third-order valence-corrected chi connectivity index (χ3v) is 6.29. The predicted octanol–water partition coefficient (Wildman–Crippen LogP) is 4.53. The first-order valence-electron chi connectivity index (χ1n) is 9.43. The predicted molar refractivity (Wildman–Crippen MR) is 130 cm³/mol. The smallest absolute Gasteiger partial charge is 0.191 e. The van der Waals surface area contributed by atoms with Gasteiger partial charge in [0, 0.05) is 23.5 Å². The standard InChI is InChI=1S/C20H28ClN5S.HI/c1-14-15(2)27-19(25-14)13-24-20(22-3)23-12-18(26-9-4-5-10-26)16-7-6-8-17(21)11-16;/h6-8,11,18H,4-5,9-10,12-13H2,1-3H3,(H2,22,23,24);1H. The molecule has 1 fully saturated rings. The maximum Gasteiger partial charge on any atom is 0.191 e. The van der Waals surface area contributed by atoms with Crippen LogP contribution in [0.1, 0.15) is 40.0 Å². The highest BCUT2D eigenvalue weighted by Crippen LogP contribution is 2.26. The number of nitrogens with zero attached hydrogens (tertiary/aromatic N) is 3. The molecule has 1 atom stereocenters. The van der Waals surface area contributed by atoms with Crippen molar-refractivity contribution in [1.82, 2.24) is 20.5 Å². The molecule has 1 aromatic heterocycles. The van der Waals surface area contributed by atoms with Crippen molar-refractivity contribution in [2.75, 3.05) is 26.7 Å². The highest BCUT2D eigenvalue weighted by molar-refractivity contribution is 14.0. The largest absolute Gasteiger partial charge is 0.354 e. The Labute approximate surface area is 194 Å². The minimum atomic E-state index is 0. The fourth-order valence-corrected chi connectivity index (χ4v) is 4.49. The molecule has 2 N–H and O–H groups in total. The molecular formula is C20H29ClIN5S. The Morgan fingerprint density at radius 1 is 1.29 bits per heavy atom. The second kappa shape index (κ2) is 11.3. The maximum atomic E-state index is 6.24. The first-order chi connectivity index (χ1) is 13.1. The second-order valence-electron chi connectivity index (χ2n) is 6.87. The summed E-state index contributed by atoms with van der Waals surface area (Å²) in [5.41, 5.74) is 2.35. The maximum absolute atomic E-state index is 6.24. The monoisotopic (exact) mass is 533 g/mol. The molecule has 2 heterocycles. The zero-order valence-electron chi connectivity index (χ0n) is 16.7. The molecule has 1 aromatic carbocycles. The summed E-state index contributed by atoms with van der Waals surface area (Å²) in [6.07, 6.45) is 2.51. The number of halogens is 2. The van der Waals surface area contributed by atoms with E-state index in [1.54, 1.807) is 18.4 Å². The van der Waals surface area contributed by atoms with Crippen LogP contribution in [0, 0.1) is 13.8 Å². The van der Waals surface area contributed by atoms with Gasteiger partial charge in [-0.2, -0.15) is 0 Å². The van der Waals surface area contributed by atoms with Crippen LogP contribution in [0.4, 0.5) is 0 Å². The van der Waals surface area contributed by atoms with E-state index in [4.69, 9.17) is 11.6 Å². The lowest BCUT2D eigenvalue weighted by Gasteiger charge is -2.29. The molecule has 1 saturated heterocycles. The third-order valence-electron chi connectivity index (χ3n) is 4.98. The van der Waals surface area contributed by atoms with Crippen molar-refractivity contribution in [1.29, 1.82) is 0 Å². The normalized spacial score (nSPS) is 15.9. The first kappa shape index (κ1) is 23.4. The number of thiazole rings is 1. The van der Waals surface area contributed by atoms with Crippen molar-refractivity contribution in [3.8, 4) is 0 Å². The van der Waals surface area contributed by atoms with Crippen LogP contribution >= 0.6 is 46.9 Å². The van der Waals surface area contributed by atoms with E-state index in [1.807, 2.05) is 19.1 Å². The average molecular weight is 534 g/mol. The fraction of sp³-hybridized carbons (Fsp3) is 0.500. The summed E-state index contributed by atoms with van der Waals surface area (Å²) in [5.74, 6) is 0.798. The van der Waals surface area contributed by atoms with Gasteiger partial charge in [-0.05, 0) is 57.5 Å². The highest BCUT2D eigenvalue weighted by Gasteiger charge is 2.23. The summed E-state index contributed by atoms with van der Waals surface area (Å²) in [7, 11) is 1.80. The number of hydrogen-bond donors (Lipinski definition) is 2. The molecule has 0 radical (unpaired) electrons. The van der Waals surface area contributed by atoms with Gasteiger partial charge in [0.2, 0.25) is 0 Å². The van der Waals surface area contributed by atoms with Crippen molar-refractivity contribution >= 4 is 52.9 Å². The number of guanidine groups is 1. The topological polar surface area (TPSA) is 52.6 Å².